The summed E-state index contributed by atoms with van der Waals surface area (Å²) in [4.78, 5) is 11.6. The molecule has 0 atom stereocenters. The Bertz CT molecular complexity index is 687. The Morgan fingerprint density at radius 2 is 1.81 bits per heavy atom. The van der Waals surface area contributed by atoms with Gasteiger partial charge in [-0.15, -0.1) is 0 Å². The van der Waals surface area contributed by atoms with Crippen LogP contribution in [0.5, 0.6) is 0 Å². The fourth-order valence-corrected chi connectivity index (χ4v) is 1.86. The average Bonchev–Trinajstić information content (AvgIpc) is 2.46. The summed E-state index contributed by atoms with van der Waals surface area (Å²) in [6.45, 7) is 0.242. The van der Waals surface area contributed by atoms with Crippen molar-refractivity contribution < 1.29 is 4.79 Å². The molecule has 0 saturated heterocycles. The molecule has 0 bridgehead atoms. The van der Waals surface area contributed by atoms with Crippen LogP contribution in [-0.2, 0) is 0 Å². The van der Waals surface area contributed by atoms with Gasteiger partial charge in [0.25, 0.3) is 0 Å². The third-order valence-corrected chi connectivity index (χ3v) is 2.98. The number of anilines is 1. The van der Waals surface area contributed by atoms with Gasteiger partial charge in [-0.3, -0.25) is 0 Å². The lowest BCUT2D eigenvalue weighted by Gasteiger charge is -2.04. The van der Waals surface area contributed by atoms with Crippen molar-refractivity contribution in [1.82, 2.24) is 5.32 Å². The second-order valence-electron chi connectivity index (χ2n) is 4.13. The van der Waals surface area contributed by atoms with Crippen LogP contribution in [0.2, 0.25) is 10.0 Å². The van der Waals surface area contributed by atoms with Crippen molar-refractivity contribution in [2.24, 2.45) is 0 Å². The number of benzene rings is 2. The molecule has 5 heteroatoms. The molecule has 0 aliphatic carbocycles. The molecule has 0 spiro atoms. The van der Waals surface area contributed by atoms with Crippen LogP contribution >= 0.6 is 23.2 Å². The van der Waals surface area contributed by atoms with Gasteiger partial charge in [-0.1, -0.05) is 41.1 Å². The number of hydrogen-bond donors (Lipinski definition) is 2. The summed E-state index contributed by atoms with van der Waals surface area (Å²) in [6.07, 6.45) is 0. The van der Waals surface area contributed by atoms with E-state index in [0.29, 0.717) is 15.7 Å². The van der Waals surface area contributed by atoms with Crippen molar-refractivity contribution in [1.29, 1.82) is 0 Å². The Morgan fingerprint density at radius 1 is 1.05 bits per heavy atom. The molecule has 2 rings (SSSR count). The van der Waals surface area contributed by atoms with E-state index in [0.717, 1.165) is 5.56 Å². The van der Waals surface area contributed by atoms with E-state index in [9.17, 15) is 4.79 Å². The molecule has 0 aromatic heterocycles. The molecule has 2 aromatic carbocycles. The second-order valence-corrected chi connectivity index (χ2v) is 5.00. The highest BCUT2D eigenvalue weighted by atomic mass is 35.5. The minimum absolute atomic E-state index is 0.242. The van der Waals surface area contributed by atoms with Crippen molar-refractivity contribution in [3.63, 3.8) is 0 Å². The Morgan fingerprint density at radius 3 is 2.52 bits per heavy atom. The summed E-state index contributed by atoms with van der Waals surface area (Å²) in [7, 11) is 0. The van der Waals surface area contributed by atoms with Crippen LogP contribution in [0.3, 0.4) is 0 Å². The van der Waals surface area contributed by atoms with Gasteiger partial charge in [0.1, 0.15) is 0 Å². The smallest absolute Gasteiger partial charge is 0.319 e. The molecule has 3 nitrogen and oxygen atoms in total. The molecular formula is C16H12Cl2N2O. The van der Waals surface area contributed by atoms with Crippen LogP contribution in [-0.4, -0.2) is 12.6 Å². The number of nitrogens with one attached hydrogen (secondary N) is 2. The van der Waals surface area contributed by atoms with Gasteiger partial charge in [-0.2, -0.15) is 0 Å². The van der Waals surface area contributed by atoms with Gasteiger partial charge >= 0.3 is 6.03 Å². The number of amides is 2. The molecule has 0 heterocycles. The molecule has 0 unspecified atom stereocenters. The first-order valence-corrected chi connectivity index (χ1v) is 6.94. The largest absolute Gasteiger partial charge is 0.327 e. The van der Waals surface area contributed by atoms with Crippen LogP contribution < -0.4 is 10.6 Å². The maximum absolute atomic E-state index is 11.6. The van der Waals surface area contributed by atoms with E-state index in [-0.39, 0.29) is 12.6 Å². The third-order valence-electron chi connectivity index (χ3n) is 2.50. The number of carbonyl (C=O) groups excluding carboxylic acids is 1. The normalized spacial score (nSPS) is 9.43. The number of carbonyl (C=O) groups is 1. The second kappa shape index (κ2) is 7.58. The Kier molecular flexibility index (Phi) is 5.51. The van der Waals surface area contributed by atoms with Crippen molar-refractivity contribution in [3.05, 3.63) is 64.1 Å². The molecule has 0 saturated carbocycles. The molecule has 106 valence electrons. The van der Waals surface area contributed by atoms with Gasteiger partial charge < -0.3 is 10.6 Å². The maximum Gasteiger partial charge on any atom is 0.319 e. The van der Waals surface area contributed by atoms with Gasteiger partial charge in [-0.25, -0.2) is 4.79 Å². The average molecular weight is 319 g/mol. The van der Waals surface area contributed by atoms with Crippen molar-refractivity contribution >= 4 is 34.9 Å². The first kappa shape index (κ1) is 15.2. The van der Waals surface area contributed by atoms with Crippen molar-refractivity contribution in [2.75, 3.05) is 11.9 Å². The zero-order valence-corrected chi connectivity index (χ0v) is 12.5. The Balaban J connectivity index is 1.81. The Labute approximate surface area is 133 Å². The highest BCUT2D eigenvalue weighted by Gasteiger charge is 1.99. The van der Waals surface area contributed by atoms with Crippen LogP contribution in [0.1, 0.15) is 5.56 Å². The number of hydrogen-bond acceptors (Lipinski definition) is 1. The summed E-state index contributed by atoms with van der Waals surface area (Å²) in [5.41, 5.74) is 1.47. The van der Waals surface area contributed by atoms with E-state index in [1.807, 2.05) is 12.1 Å². The van der Waals surface area contributed by atoms with Crippen molar-refractivity contribution in [3.8, 4) is 11.8 Å². The third kappa shape index (κ3) is 5.39. The zero-order chi connectivity index (χ0) is 15.1. The van der Waals surface area contributed by atoms with Crippen LogP contribution in [0.4, 0.5) is 10.5 Å². The van der Waals surface area contributed by atoms with Gasteiger partial charge in [0, 0.05) is 21.3 Å². The highest BCUT2D eigenvalue weighted by molar-refractivity contribution is 6.30. The minimum Gasteiger partial charge on any atom is -0.327 e. The van der Waals surface area contributed by atoms with Crippen LogP contribution in [0, 0.1) is 11.8 Å². The lowest BCUT2D eigenvalue weighted by molar-refractivity contribution is 0.253. The van der Waals surface area contributed by atoms with Crippen LogP contribution in [0.25, 0.3) is 0 Å². The SMILES string of the molecule is O=C(NCC#Cc1cccc(Cl)c1)Nc1ccc(Cl)cc1. The fraction of sp³-hybridized carbons (Fsp3) is 0.0625. The predicted molar refractivity (Wildman–Crippen MR) is 86.8 cm³/mol. The fourth-order valence-electron chi connectivity index (χ4n) is 1.55. The number of rotatable bonds is 2. The molecular weight excluding hydrogens is 307 g/mol. The van der Waals surface area contributed by atoms with Gasteiger partial charge in [0.15, 0.2) is 0 Å². The summed E-state index contributed by atoms with van der Waals surface area (Å²) in [5.74, 6) is 5.77. The van der Waals surface area contributed by atoms with Crippen molar-refractivity contribution in [2.45, 2.75) is 0 Å². The van der Waals surface area contributed by atoms with Gasteiger partial charge in [0.05, 0.1) is 6.54 Å². The molecule has 0 radical (unpaired) electrons. The number of halogens is 2. The molecule has 0 fully saturated rings. The summed E-state index contributed by atoms with van der Waals surface area (Å²) < 4.78 is 0. The Hall–Kier alpha value is -2.15. The predicted octanol–water partition coefficient (Wildman–Crippen LogP) is 4.17. The van der Waals surface area contributed by atoms with E-state index in [4.69, 9.17) is 23.2 Å². The molecule has 2 amide bonds. The summed E-state index contributed by atoms with van der Waals surface area (Å²) in [5, 5.41) is 6.57. The van der Waals surface area contributed by atoms with Crippen LogP contribution in [0.15, 0.2) is 48.5 Å². The quantitative estimate of drug-likeness (QED) is 0.802. The topological polar surface area (TPSA) is 41.1 Å². The standard InChI is InChI=1S/C16H12Cl2N2O/c17-13-6-8-15(9-7-13)20-16(21)19-10-2-4-12-3-1-5-14(18)11-12/h1,3,5-9,11H,10H2,(H2,19,20,21). The molecule has 0 aliphatic heterocycles. The minimum atomic E-state index is -0.322. The molecule has 2 N–H and O–H groups in total. The molecule has 21 heavy (non-hydrogen) atoms. The summed E-state index contributed by atoms with van der Waals surface area (Å²) in [6, 6.07) is 13.8. The first-order valence-electron chi connectivity index (χ1n) is 6.18. The molecule has 2 aromatic rings. The summed E-state index contributed by atoms with van der Waals surface area (Å²) >= 11 is 11.6. The highest BCUT2D eigenvalue weighted by Crippen LogP contribution is 2.13. The van der Waals surface area contributed by atoms with E-state index in [1.54, 1.807) is 36.4 Å². The monoisotopic (exact) mass is 318 g/mol. The lowest BCUT2D eigenvalue weighted by Crippen LogP contribution is -2.28. The maximum atomic E-state index is 11.6. The lowest BCUT2D eigenvalue weighted by atomic mass is 10.2. The van der Waals surface area contributed by atoms with E-state index >= 15 is 0 Å². The number of urea groups is 1. The van der Waals surface area contributed by atoms with E-state index in [2.05, 4.69) is 22.5 Å². The van der Waals surface area contributed by atoms with E-state index < -0.39 is 0 Å². The first-order chi connectivity index (χ1) is 10.1. The molecule has 0 aliphatic rings. The van der Waals surface area contributed by atoms with Gasteiger partial charge in [0.2, 0.25) is 0 Å². The van der Waals surface area contributed by atoms with Gasteiger partial charge in [-0.05, 0) is 42.5 Å². The zero-order valence-electron chi connectivity index (χ0n) is 11.0. The van der Waals surface area contributed by atoms with E-state index in [1.165, 1.54) is 0 Å².